The molecule has 3 heteroatoms. The van der Waals surface area contributed by atoms with Crippen LogP contribution in [0.15, 0.2) is 30.5 Å². The first-order valence-electron chi connectivity index (χ1n) is 5.59. The first-order valence-corrected chi connectivity index (χ1v) is 5.59. The molecule has 0 amide bonds. The average molecular weight is 215 g/mol. The van der Waals surface area contributed by atoms with E-state index in [1.54, 1.807) is 0 Å². The Bertz CT molecular complexity index is 468. The molecule has 0 aliphatic carbocycles. The smallest absolute Gasteiger partial charge is 0.0645 e. The summed E-state index contributed by atoms with van der Waals surface area (Å²) in [6, 6.07) is 8.44. The van der Waals surface area contributed by atoms with E-state index in [4.69, 9.17) is 5.73 Å². The summed E-state index contributed by atoms with van der Waals surface area (Å²) in [4.78, 5) is 0. The Morgan fingerprint density at radius 2 is 1.94 bits per heavy atom. The van der Waals surface area contributed by atoms with Gasteiger partial charge in [-0.3, -0.25) is 0 Å². The molecule has 0 aliphatic rings. The van der Waals surface area contributed by atoms with E-state index in [1.165, 1.54) is 5.56 Å². The van der Waals surface area contributed by atoms with E-state index >= 15 is 0 Å². The number of nitrogens with two attached hydrogens (primary N) is 1. The van der Waals surface area contributed by atoms with Crippen molar-refractivity contribution in [3.63, 3.8) is 0 Å². The molecule has 0 unspecified atom stereocenters. The molecule has 2 rings (SSSR count). The second-order valence-electron chi connectivity index (χ2n) is 3.91. The molecule has 16 heavy (non-hydrogen) atoms. The van der Waals surface area contributed by atoms with Crippen LogP contribution >= 0.6 is 0 Å². The maximum Gasteiger partial charge on any atom is 0.0645 e. The van der Waals surface area contributed by atoms with Crippen LogP contribution in [-0.4, -0.2) is 9.78 Å². The predicted octanol–water partition coefficient (Wildman–Crippen LogP) is 2.20. The number of aromatic nitrogens is 2. The lowest BCUT2D eigenvalue weighted by atomic mass is 10.1. The predicted molar refractivity (Wildman–Crippen MR) is 65.6 cm³/mol. The van der Waals surface area contributed by atoms with Crippen LogP contribution in [0, 0.1) is 6.92 Å². The molecule has 2 N–H and O–H groups in total. The number of rotatable bonds is 3. The molecule has 1 aromatic carbocycles. The summed E-state index contributed by atoms with van der Waals surface area (Å²) in [7, 11) is 0. The van der Waals surface area contributed by atoms with Gasteiger partial charge in [0.2, 0.25) is 0 Å². The van der Waals surface area contributed by atoms with Gasteiger partial charge in [0, 0.05) is 18.3 Å². The fourth-order valence-corrected chi connectivity index (χ4v) is 1.71. The highest BCUT2D eigenvalue weighted by Gasteiger charge is 2.04. The van der Waals surface area contributed by atoms with Gasteiger partial charge in [0.25, 0.3) is 0 Å². The number of hydrogen-bond donors (Lipinski definition) is 1. The molecular weight excluding hydrogens is 198 g/mol. The van der Waals surface area contributed by atoms with Gasteiger partial charge in [0.15, 0.2) is 0 Å². The molecule has 84 valence electrons. The maximum absolute atomic E-state index is 5.63. The highest BCUT2D eigenvalue weighted by Crippen LogP contribution is 2.12. The van der Waals surface area contributed by atoms with Crippen LogP contribution in [0.1, 0.15) is 23.7 Å². The van der Waals surface area contributed by atoms with Crippen LogP contribution in [0.25, 0.3) is 5.69 Å². The molecule has 2 aromatic rings. The number of aryl methyl sites for hydroxylation is 2. The lowest BCUT2D eigenvalue weighted by molar-refractivity contribution is 0.861. The lowest BCUT2D eigenvalue weighted by Crippen LogP contribution is -1.96. The van der Waals surface area contributed by atoms with Crippen LogP contribution in [0.3, 0.4) is 0 Å². The minimum atomic E-state index is 0.541. The van der Waals surface area contributed by atoms with Crippen molar-refractivity contribution >= 4 is 0 Å². The van der Waals surface area contributed by atoms with Crippen molar-refractivity contribution in [3.05, 3.63) is 47.3 Å². The highest BCUT2D eigenvalue weighted by atomic mass is 15.3. The van der Waals surface area contributed by atoms with Gasteiger partial charge in [-0.15, -0.1) is 0 Å². The Hall–Kier alpha value is -1.61. The lowest BCUT2D eigenvalue weighted by Gasteiger charge is -2.02. The fraction of sp³-hybridized carbons (Fsp3) is 0.308. The zero-order chi connectivity index (χ0) is 11.5. The third-order valence-corrected chi connectivity index (χ3v) is 2.83. The van der Waals surface area contributed by atoms with Crippen molar-refractivity contribution in [1.82, 2.24) is 9.78 Å². The van der Waals surface area contributed by atoms with Crippen molar-refractivity contribution < 1.29 is 0 Å². The summed E-state index contributed by atoms with van der Waals surface area (Å²) in [6.45, 7) is 4.68. The van der Waals surface area contributed by atoms with E-state index in [1.807, 2.05) is 17.8 Å². The Labute approximate surface area is 95.9 Å². The second kappa shape index (κ2) is 4.49. The molecule has 0 saturated carbocycles. The zero-order valence-electron chi connectivity index (χ0n) is 9.77. The first-order chi connectivity index (χ1) is 7.74. The summed E-state index contributed by atoms with van der Waals surface area (Å²) in [6.07, 6.45) is 3.06. The monoisotopic (exact) mass is 215 g/mol. The summed E-state index contributed by atoms with van der Waals surface area (Å²) in [5, 5.41) is 4.44. The summed E-state index contributed by atoms with van der Waals surface area (Å²) in [5.74, 6) is 0. The van der Waals surface area contributed by atoms with Crippen molar-refractivity contribution in [1.29, 1.82) is 0 Å². The molecule has 0 radical (unpaired) electrons. The zero-order valence-corrected chi connectivity index (χ0v) is 9.77. The number of hydrogen-bond acceptors (Lipinski definition) is 2. The van der Waals surface area contributed by atoms with Gasteiger partial charge >= 0.3 is 0 Å². The van der Waals surface area contributed by atoms with E-state index < -0.39 is 0 Å². The van der Waals surface area contributed by atoms with Crippen molar-refractivity contribution in [2.75, 3.05) is 0 Å². The quantitative estimate of drug-likeness (QED) is 0.853. The fourth-order valence-electron chi connectivity index (χ4n) is 1.71. The second-order valence-corrected chi connectivity index (χ2v) is 3.91. The molecule has 0 spiro atoms. The van der Waals surface area contributed by atoms with Crippen LogP contribution in [0.2, 0.25) is 0 Å². The first kappa shape index (κ1) is 10.9. The van der Waals surface area contributed by atoms with Crippen molar-refractivity contribution in [3.8, 4) is 5.69 Å². The Morgan fingerprint density at radius 1 is 1.25 bits per heavy atom. The van der Waals surface area contributed by atoms with Gasteiger partial charge in [-0.25, -0.2) is 4.68 Å². The van der Waals surface area contributed by atoms with Gasteiger partial charge in [-0.05, 0) is 31.0 Å². The Balaban J connectivity index is 2.34. The van der Waals surface area contributed by atoms with E-state index in [0.717, 1.165) is 23.4 Å². The van der Waals surface area contributed by atoms with Crippen molar-refractivity contribution in [2.45, 2.75) is 26.8 Å². The molecule has 1 aromatic heterocycles. The third kappa shape index (κ3) is 1.99. The van der Waals surface area contributed by atoms with Crippen molar-refractivity contribution in [2.24, 2.45) is 5.73 Å². The largest absolute Gasteiger partial charge is 0.326 e. The molecule has 0 bridgehead atoms. The van der Waals surface area contributed by atoms with Crippen LogP contribution in [-0.2, 0) is 13.0 Å². The Kier molecular flexibility index (Phi) is 3.06. The Morgan fingerprint density at radius 3 is 2.44 bits per heavy atom. The van der Waals surface area contributed by atoms with E-state index in [2.05, 4.69) is 36.3 Å². The molecule has 0 atom stereocenters. The van der Waals surface area contributed by atoms with Gasteiger partial charge in [-0.1, -0.05) is 19.1 Å². The van der Waals surface area contributed by atoms with Gasteiger partial charge in [-0.2, -0.15) is 5.10 Å². The van der Waals surface area contributed by atoms with Gasteiger partial charge < -0.3 is 5.73 Å². The topological polar surface area (TPSA) is 43.8 Å². The maximum atomic E-state index is 5.63. The van der Waals surface area contributed by atoms with E-state index in [9.17, 15) is 0 Å². The molecular formula is C13H17N3. The molecule has 0 saturated heterocycles. The van der Waals surface area contributed by atoms with E-state index in [0.29, 0.717) is 6.54 Å². The molecule has 0 fully saturated rings. The van der Waals surface area contributed by atoms with E-state index in [-0.39, 0.29) is 0 Å². The summed E-state index contributed by atoms with van der Waals surface area (Å²) >= 11 is 0. The summed E-state index contributed by atoms with van der Waals surface area (Å²) < 4.78 is 1.89. The van der Waals surface area contributed by atoms with Crippen LogP contribution in [0.4, 0.5) is 0 Å². The minimum absolute atomic E-state index is 0.541. The average Bonchev–Trinajstić information content (AvgIpc) is 2.71. The SMILES string of the molecule is CCc1ccc(-n2cc(CN)c(C)n2)cc1. The van der Waals surface area contributed by atoms with Crippen LogP contribution in [0.5, 0.6) is 0 Å². The number of benzene rings is 1. The molecule has 0 aliphatic heterocycles. The minimum Gasteiger partial charge on any atom is -0.326 e. The molecule has 1 heterocycles. The van der Waals surface area contributed by atoms with Gasteiger partial charge in [0.1, 0.15) is 0 Å². The highest BCUT2D eigenvalue weighted by molar-refractivity contribution is 5.35. The third-order valence-electron chi connectivity index (χ3n) is 2.83. The molecule has 3 nitrogen and oxygen atoms in total. The standard InChI is InChI=1S/C13H17N3/c1-3-11-4-6-13(7-5-11)16-9-12(8-14)10(2)15-16/h4-7,9H,3,8,14H2,1-2H3. The van der Waals surface area contributed by atoms with Gasteiger partial charge in [0.05, 0.1) is 11.4 Å². The summed E-state index contributed by atoms with van der Waals surface area (Å²) in [5.41, 5.74) is 10.2. The number of nitrogens with zero attached hydrogens (tertiary/aromatic N) is 2. The van der Waals surface area contributed by atoms with Crippen LogP contribution < -0.4 is 5.73 Å². The normalized spacial score (nSPS) is 10.7.